The Kier molecular flexibility index (Phi) is 5.14. The molecule has 1 aromatic carbocycles. The molecule has 2 aromatic heterocycles. The van der Waals surface area contributed by atoms with Crippen LogP contribution in [0, 0.1) is 20.8 Å². The Hall–Kier alpha value is -2.93. The van der Waals surface area contributed by atoms with Crippen molar-refractivity contribution >= 4 is 23.2 Å². The Bertz CT molecular complexity index is 1020. The van der Waals surface area contributed by atoms with Gasteiger partial charge in [0.25, 0.3) is 5.91 Å². The van der Waals surface area contributed by atoms with Gasteiger partial charge in [-0.05, 0) is 39.0 Å². The number of carboxylic acids is 1. The van der Waals surface area contributed by atoms with Crippen molar-refractivity contribution in [3.05, 3.63) is 68.9 Å². The highest BCUT2D eigenvalue weighted by Crippen LogP contribution is 2.25. The topological polar surface area (TPSA) is 75.4 Å². The molecule has 0 atom stereocenters. The molecule has 1 N–H and O–H groups in total. The summed E-state index contributed by atoms with van der Waals surface area (Å²) in [4.78, 5) is 30.6. The van der Waals surface area contributed by atoms with Crippen molar-refractivity contribution in [2.45, 2.75) is 27.3 Å². The first-order chi connectivity index (χ1) is 12.8. The van der Waals surface area contributed by atoms with Gasteiger partial charge in [0.15, 0.2) is 0 Å². The Balaban J connectivity index is 1.99. The highest BCUT2D eigenvalue weighted by atomic mass is 32.1. The van der Waals surface area contributed by atoms with E-state index in [4.69, 9.17) is 0 Å². The average Bonchev–Trinajstić information content (AvgIpc) is 3.16. The zero-order valence-corrected chi connectivity index (χ0v) is 16.5. The summed E-state index contributed by atoms with van der Waals surface area (Å²) < 4.78 is 1.82. The summed E-state index contributed by atoms with van der Waals surface area (Å²) in [5, 5.41) is 12.2. The second kappa shape index (κ2) is 7.36. The van der Waals surface area contributed by atoms with Crippen LogP contribution in [0.25, 0.3) is 5.69 Å². The number of amides is 1. The Labute approximate surface area is 161 Å². The van der Waals surface area contributed by atoms with E-state index < -0.39 is 5.97 Å². The zero-order valence-electron chi connectivity index (χ0n) is 15.7. The van der Waals surface area contributed by atoms with Crippen LogP contribution in [0.5, 0.6) is 0 Å². The molecule has 3 aromatic rings. The normalized spacial score (nSPS) is 10.8. The zero-order chi connectivity index (χ0) is 19.7. The van der Waals surface area contributed by atoms with Gasteiger partial charge < -0.3 is 14.6 Å². The van der Waals surface area contributed by atoms with Crippen molar-refractivity contribution in [2.24, 2.45) is 0 Å². The fourth-order valence-electron chi connectivity index (χ4n) is 3.16. The van der Waals surface area contributed by atoms with E-state index in [0.29, 0.717) is 23.5 Å². The molecule has 0 bridgehead atoms. The van der Waals surface area contributed by atoms with Crippen molar-refractivity contribution < 1.29 is 14.7 Å². The van der Waals surface area contributed by atoms with Crippen LogP contribution in [0.3, 0.4) is 0 Å². The maximum atomic E-state index is 13.1. The molecule has 0 radical (unpaired) electrons. The third kappa shape index (κ3) is 3.64. The maximum Gasteiger partial charge on any atom is 0.337 e. The number of carboxylic acid groups (broad SMARTS) is 1. The summed E-state index contributed by atoms with van der Waals surface area (Å²) in [5.41, 5.74) is 3.73. The number of thiazole rings is 1. The number of rotatable bonds is 5. The van der Waals surface area contributed by atoms with E-state index in [2.05, 4.69) is 4.98 Å². The van der Waals surface area contributed by atoms with Gasteiger partial charge in [-0.3, -0.25) is 4.79 Å². The summed E-state index contributed by atoms with van der Waals surface area (Å²) in [5.74, 6) is -1.11. The number of benzene rings is 1. The van der Waals surface area contributed by atoms with Gasteiger partial charge in [-0.2, -0.15) is 0 Å². The summed E-state index contributed by atoms with van der Waals surface area (Å²) in [6, 6.07) is 8.88. The Morgan fingerprint density at radius 2 is 1.89 bits per heavy atom. The van der Waals surface area contributed by atoms with E-state index in [1.165, 1.54) is 11.3 Å². The molecule has 0 fully saturated rings. The van der Waals surface area contributed by atoms with Crippen LogP contribution < -0.4 is 0 Å². The molecule has 2 heterocycles. The molecule has 0 saturated heterocycles. The van der Waals surface area contributed by atoms with Crippen LogP contribution in [0.2, 0.25) is 0 Å². The number of carbonyl (C=O) groups is 2. The predicted octanol–water partition coefficient (Wildman–Crippen LogP) is 3.83. The van der Waals surface area contributed by atoms with E-state index in [-0.39, 0.29) is 11.5 Å². The predicted molar refractivity (Wildman–Crippen MR) is 105 cm³/mol. The maximum absolute atomic E-state index is 13.1. The number of hydrogen-bond donors (Lipinski definition) is 1. The number of hydrogen-bond acceptors (Lipinski definition) is 4. The van der Waals surface area contributed by atoms with E-state index in [9.17, 15) is 14.7 Å². The highest BCUT2D eigenvalue weighted by Gasteiger charge is 2.22. The molecule has 140 valence electrons. The lowest BCUT2D eigenvalue weighted by molar-refractivity contribution is 0.0695. The minimum Gasteiger partial charge on any atom is -0.478 e. The average molecular weight is 383 g/mol. The van der Waals surface area contributed by atoms with Crippen LogP contribution in [0.1, 0.15) is 42.8 Å². The van der Waals surface area contributed by atoms with E-state index in [1.54, 1.807) is 31.0 Å². The van der Waals surface area contributed by atoms with Gasteiger partial charge in [-0.1, -0.05) is 12.1 Å². The Morgan fingerprint density at radius 3 is 2.48 bits per heavy atom. The number of nitrogens with zero attached hydrogens (tertiary/aromatic N) is 3. The summed E-state index contributed by atoms with van der Waals surface area (Å²) in [6.07, 6.45) is 0. The molecule has 6 nitrogen and oxygen atoms in total. The molecule has 0 unspecified atom stereocenters. The first-order valence-corrected chi connectivity index (χ1v) is 9.35. The summed E-state index contributed by atoms with van der Waals surface area (Å²) in [6.45, 7) is 5.94. The molecule has 0 saturated carbocycles. The molecule has 0 aliphatic heterocycles. The molecule has 7 heteroatoms. The van der Waals surface area contributed by atoms with Crippen LogP contribution in [0.4, 0.5) is 0 Å². The lowest BCUT2D eigenvalue weighted by Gasteiger charge is -2.20. The third-order valence-electron chi connectivity index (χ3n) is 4.42. The Morgan fingerprint density at radius 1 is 1.19 bits per heavy atom. The van der Waals surface area contributed by atoms with E-state index >= 15 is 0 Å². The van der Waals surface area contributed by atoms with Crippen molar-refractivity contribution in [3.8, 4) is 5.69 Å². The van der Waals surface area contributed by atoms with E-state index in [1.807, 2.05) is 42.0 Å². The van der Waals surface area contributed by atoms with Gasteiger partial charge in [-0.25, -0.2) is 9.78 Å². The fourth-order valence-corrected chi connectivity index (χ4v) is 3.98. The minimum absolute atomic E-state index is 0.136. The largest absolute Gasteiger partial charge is 0.478 e. The van der Waals surface area contributed by atoms with Crippen LogP contribution >= 0.6 is 11.3 Å². The number of carbonyl (C=O) groups excluding carboxylic acids is 1. The van der Waals surface area contributed by atoms with Crippen LogP contribution in [-0.2, 0) is 6.54 Å². The summed E-state index contributed by atoms with van der Waals surface area (Å²) >= 11 is 1.53. The van der Waals surface area contributed by atoms with Crippen molar-refractivity contribution in [2.75, 3.05) is 7.05 Å². The SMILES string of the molecule is Cc1csc(CN(C)C(=O)c2ccccc2-n2c(C)cc(C(=O)O)c2C)n1. The second-order valence-electron chi connectivity index (χ2n) is 6.49. The van der Waals surface area contributed by atoms with Gasteiger partial charge in [-0.15, -0.1) is 11.3 Å². The summed E-state index contributed by atoms with van der Waals surface area (Å²) in [7, 11) is 1.74. The van der Waals surface area contributed by atoms with Gasteiger partial charge in [0, 0.05) is 29.5 Å². The highest BCUT2D eigenvalue weighted by molar-refractivity contribution is 7.09. The molecule has 27 heavy (non-hydrogen) atoms. The van der Waals surface area contributed by atoms with E-state index in [0.717, 1.165) is 16.4 Å². The lowest BCUT2D eigenvalue weighted by Crippen LogP contribution is -2.27. The van der Waals surface area contributed by atoms with Crippen molar-refractivity contribution in [1.82, 2.24) is 14.5 Å². The molecule has 0 spiro atoms. The molecule has 0 aliphatic carbocycles. The first-order valence-electron chi connectivity index (χ1n) is 8.47. The van der Waals surface area contributed by atoms with Gasteiger partial charge in [0.1, 0.15) is 5.01 Å². The monoisotopic (exact) mass is 383 g/mol. The molecule has 1 amide bonds. The number of para-hydroxylation sites is 1. The molecular weight excluding hydrogens is 362 g/mol. The number of aromatic nitrogens is 2. The van der Waals surface area contributed by atoms with Gasteiger partial charge in [0.2, 0.25) is 0 Å². The van der Waals surface area contributed by atoms with Crippen molar-refractivity contribution in [3.63, 3.8) is 0 Å². The van der Waals surface area contributed by atoms with Gasteiger partial charge >= 0.3 is 5.97 Å². The van der Waals surface area contributed by atoms with Crippen LogP contribution in [0.15, 0.2) is 35.7 Å². The minimum atomic E-state index is -0.977. The third-order valence-corrected chi connectivity index (χ3v) is 5.37. The molecule has 0 aliphatic rings. The standard InChI is InChI=1S/C20H21N3O3S/c1-12-11-27-18(21-12)10-22(4)19(24)15-7-5-6-8-17(15)23-13(2)9-16(14(23)3)20(25)26/h5-9,11H,10H2,1-4H3,(H,25,26). The first kappa shape index (κ1) is 18.8. The smallest absolute Gasteiger partial charge is 0.337 e. The number of aromatic carboxylic acids is 1. The number of aryl methyl sites for hydroxylation is 2. The quantitative estimate of drug-likeness (QED) is 0.726. The van der Waals surface area contributed by atoms with Crippen molar-refractivity contribution in [1.29, 1.82) is 0 Å². The van der Waals surface area contributed by atoms with Crippen LogP contribution in [-0.4, -0.2) is 38.5 Å². The van der Waals surface area contributed by atoms with Gasteiger partial charge in [0.05, 0.1) is 23.4 Å². The lowest BCUT2D eigenvalue weighted by atomic mass is 10.1. The second-order valence-corrected chi connectivity index (χ2v) is 7.43. The molecular formula is C20H21N3O3S. The molecule has 3 rings (SSSR count). The fraction of sp³-hybridized carbons (Fsp3) is 0.250.